The predicted molar refractivity (Wildman–Crippen MR) is 72.1 cm³/mol. The fourth-order valence-electron chi connectivity index (χ4n) is 1.87. The fourth-order valence-corrected chi connectivity index (χ4v) is 2.79. The topological polar surface area (TPSA) is 24.9 Å². The number of nitrogens with one attached hydrogen (secondary N) is 1. The van der Waals surface area contributed by atoms with E-state index in [9.17, 15) is 0 Å². The van der Waals surface area contributed by atoms with Crippen molar-refractivity contribution >= 4 is 11.3 Å². The number of nitrogens with zero attached hydrogens (tertiary/aromatic N) is 1. The molecule has 0 aliphatic heterocycles. The average Bonchev–Trinajstić information content (AvgIpc) is 2.52. The summed E-state index contributed by atoms with van der Waals surface area (Å²) < 4.78 is 0. The third-order valence-electron chi connectivity index (χ3n) is 2.76. The Morgan fingerprint density at radius 1 is 1.25 bits per heavy atom. The van der Waals surface area contributed by atoms with Gasteiger partial charge in [0.1, 0.15) is 0 Å². The second-order valence-corrected chi connectivity index (χ2v) is 6.29. The van der Waals surface area contributed by atoms with Crippen LogP contribution in [-0.2, 0) is 0 Å². The van der Waals surface area contributed by atoms with Crippen molar-refractivity contribution in [3.8, 4) is 0 Å². The Morgan fingerprint density at radius 3 is 2.44 bits per heavy atom. The summed E-state index contributed by atoms with van der Waals surface area (Å²) in [5.41, 5.74) is 1.23. The summed E-state index contributed by atoms with van der Waals surface area (Å²) in [6.07, 6.45) is 2.55. The van der Waals surface area contributed by atoms with E-state index < -0.39 is 0 Å². The molecular weight excluding hydrogens is 216 g/mol. The third-order valence-corrected chi connectivity index (χ3v) is 3.66. The molecule has 1 unspecified atom stereocenters. The SMILES string of the molecule is Cc1nc(C(C)NCCCC(C)C)c(C)s1. The first-order chi connectivity index (χ1) is 7.50. The van der Waals surface area contributed by atoms with Crippen molar-refractivity contribution in [1.29, 1.82) is 0 Å². The summed E-state index contributed by atoms with van der Waals surface area (Å²) >= 11 is 1.79. The van der Waals surface area contributed by atoms with E-state index in [0.29, 0.717) is 6.04 Å². The van der Waals surface area contributed by atoms with Crippen LogP contribution < -0.4 is 5.32 Å². The number of thiazole rings is 1. The largest absolute Gasteiger partial charge is 0.309 e. The third kappa shape index (κ3) is 4.22. The first-order valence-corrected chi connectivity index (χ1v) is 6.99. The Bertz CT molecular complexity index is 318. The Kier molecular flexibility index (Phi) is 5.42. The van der Waals surface area contributed by atoms with Gasteiger partial charge in [0, 0.05) is 10.9 Å². The van der Waals surface area contributed by atoms with Gasteiger partial charge in [-0.3, -0.25) is 0 Å². The van der Waals surface area contributed by atoms with Crippen LogP contribution in [0.5, 0.6) is 0 Å². The highest BCUT2D eigenvalue weighted by atomic mass is 32.1. The first kappa shape index (κ1) is 13.7. The number of aryl methyl sites for hydroxylation is 2. The van der Waals surface area contributed by atoms with Gasteiger partial charge in [-0.05, 0) is 46.1 Å². The molecule has 3 heteroatoms. The summed E-state index contributed by atoms with van der Waals surface area (Å²) in [5, 5.41) is 4.72. The molecule has 1 aromatic heterocycles. The number of rotatable bonds is 6. The van der Waals surface area contributed by atoms with Crippen molar-refractivity contribution in [3.63, 3.8) is 0 Å². The zero-order chi connectivity index (χ0) is 12.1. The lowest BCUT2D eigenvalue weighted by atomic mass is 10.1. The van der Waals surface area contributed by atoms with Crippen molar-refractivity contribution in [2.75, 3.05) is 6.54 Å². The first-order valence-electron chi connectivity index (χ1n) is 6.18. The minimum atomic E-state index is 0.386. The predicted octanol–water partition coefficient (Wildman–Crippen LogP) is 3.85. The van der Waals surface area contributed by atoms with E-state index in [4.69, 9.17) is 0 Å². The number of hydrogen-bond donors (Lipinski definition) is 1. The second kappa shape index (κ2) is 6.36. The minimum absolute atomic E-state index is 0.386. The van der Waals surface area contributed by atoms with Crippen LogP contribution in [0.15, 0.2) is 0 Å². The molecular formula is C13H24N2S. The van der Waals surface area contributed by atoms with E-state index in [-0.39, 0.29) is 0 Å². The minimum Gasteiger partial charge on any atom is -0.309 e. The highest BCUT2D eigenvalue weighted by Gasteiger charge is 2.11. The van der Waals surface area contributed by atoms with Gasteiger partial charge < -0.3 is 5.32 Å². The standard InChI is InChI=1S/C13H24N2S/c1-9(2)7-6-8-14-10(3)13-11(4)16-12(5)15-13/h9-10,14H,6-8H2,1-5H3. The molecule has 0 saturated heterocycles. The van der Waals surface area contributed by atoms with Gasteiger partial charge in [-0.2, -0.15) is 0 Å². The monoisotopic (exact) mass is 240 g/mol. The fraction of sp³-hybridized carbons (Fsp3) is 0.769. The number of hydrogen-bond acceptors (Lipinski definition) is 3. The molecule has 1 heterocycles. The zero-order valence-corrected chi connectivity index (χ0v) is 11.9. The van der Waals surface area contributed by atoms with E-state index in [1.54, 1.807) is 11.3 Å². The van der Waals surface area contributed by atoms with Gasteiger partial charge in [0.25, 0.3) is 0 Å². The van der Waals surface area contributed by atoms with Crippen molar-refractivity contribution in [2.24, 2.45) is 5.92 Å². The molecule has 0 aliphatic carbocycles. The van der Waals surface area contributed by atoms with E-state index >= 15 is 0 Å². The van der Waals surface area contributed by atoms with Crippen LogP contribution in [0.3, 0.4) is 0 Å². The van der Waals surface area contributed by atoms with Gasteiger partial charge in [-0.25, -0.2) is 4.98 Å². The molecule has 2 nitrogen and oxygen atoms in total. The van der Waals surface area contributed by atoms with Crippen LogP contribution in [0.2, 0.25) is 0 Å². The van der Waals surface area contributed by atoms with Crippen LogP contribution in [0.25, 0.3) is 0 Å². The van der Waals surface area contributed by atoms with Gasteiger partial charge in [0.2, 0.25) is 0 Å². The summed E-state index contributed by atoms with van der Waals surface area (Å²) in [6, 6.07) is 0.386. The summed E-state index contributed by atoms with van der Waals surface area (Å²) in [5.74, 6) is 0.806. The smallest absolute Gasteiger partial charge is 0.0900 e. The van der Waals surface area contributed by atoms with Gasteiger partial charge >= 0.3 is 0 Å². The molecule has 0 spiro atoms. The van der Waals surface area contributed by atoms with E-state index in [2.05, 4.69) is 44.9 Å². The van der Waals surface area contributed by atoms with Gasteiger partial charge in [0.05, 0.1) is 10.7 Å². The highest BCUT2D eigenvalue weighted by molar-refractivity contribution is 7.11. The molecule has 0 fully saturated rings. The number of aromatic nitrogens is 1. The Morgan fingerprint density at radius 2 is 1.94 bits per heavy atom. The quantitative estimate of drug-likeness (QED) is 0.764. The Labute approximate surface area is 103 Å². The molecule has 92 valence electrons. The molecule has 0 radical (unpaired) electrons. The lowest BCUT2D eigenvalue weighted by Crippen LogP contribution is -2.21. The highest BCUT2D eigenvalue weighted by Crippen LogP contribution is 2.22. The molecule has 0 bridgehead atoms. The van der Waals surface area contributed by atoms with Gasteiger partial charge in [0.15, 0.2) is 0 Å². The Balaban J connectivity index is 2.35. The molecule has 1 atom stereocenters. The maximum absolute atomic E-state index is 4.58. The van der Waals surface area contributed by atoms with E-state index in [1.807, 2.05) is 0 Å². The normalized spacial score (nSPS) is 13.4. The molecule has 1 rings (SSSR count). The molecule has 0 aromatic carbocycles. The van der Waals surface area contributed by atoms with Gasteiger partial charge in [-0.1, -0.05) is 13.8 Å². The van der Waals surface area contributed by atoms with Crippen LogP contribution in [0.4, 0.5) is 0 Å². The average molecular weight is 240 g/mol. The molecule has 1 N–H and O–H groups in total. The lowest BCUT2D eigenvalue weighted by Gasteiger charge is -2.13. The van der Waals surface area contributed by atoms with Crippen molar-refractivity contribution < 1.29 is 0 Å². The molecule has 1 aromatic rings. The summed E-state index contributed by atoms with van der Waals surface area (Å²) in [6.45, 7) is 12.1. The van der Waals surface area contributed by atoms with E-state index in [1.165, 1.54) is 28.4 Å². The maximum atomic E-state index is 4.58. The van der Waals surface area contributed by atoms with Crippen molar-refractivity contribution in [3.05, 3.63) is 15.6 Å². The molecule has 0 saturated carbocycles. The zero-order valence-electron chi connectivity index (χ0n) is 11.1. The van der Waals surface area contributed by atoms with Crippen LogP contribution in [-0.4, -0.2) is 11.5 Å². The van der Waals surface area contributed by atoms with Crippen molar-refractivity contribution in [2.45, 2.75) is 53.5 Å². The van der Waals surface area contributed by atoms with Gasteiger partial charge in [-0.15, -0.1) is 11.3 Å². The summed E-state index contributed by atoms with van der Waals surface area (Å²) in [4.78, 5) is 5.93. The molecule has 16 heavy (non-hydrogen) atoms. The summed E-state index contributed by atoms with van der Waals surface area (Å²) in [7, 11) is 0. The van der Waals surface area contributed by atoms with Crippen LogP contribution >= 0.6 is 11.3 Å². The van der Waals surface area contributed by atoms with Crippen LogP contribution in [0, 0.1) is 19.8 Å². The lowest BCUT2D eigenvalue weighted by molar-refractivity contribution is 0.493. The molecule has 0 amide bonds. The van der Waals surface area contributed by atoms with E-state index in [0.717, 1.165) is 12.5 Å². The molecule has 0 aliphatic rings. The maximum Gasteiger partial charge on any atom is 0.0900 e. The Hall–Kier alpha value is -0.410. The second-order valence-electron chi connectivity index (χ2n) is 4.89. The van der Waals surface area contributed by atoms with Crippen LogP contribution in [0.1, 0.15) is 55.2 Å². The van der Waals surface area contributed by atoms with Crippen molar-refractivity contribution in [1.82, 2.24) is 10.3 Å².